The molecule has 3 N–H and O–H groups in total. The molecule has 0 radical (unpaired) electrons. The molecule has 0 aliphatic rings. The Balaban J connectivity index is 4.55. The molecule has 10 heteroatoms. The summed E-state index contributed by atoms with van der Waals surface area (Å²) in [6.07, 6.45) is 13.0. The van der Waals surface area contributed by atoms with Crippen molar-refractivity contribution in [2.45, 2.75) is 122 Å². The molecule has 0 fully saturated rings. The number of aliphatic hydroxyl groups excluding tert-OH is 2. The van der Waals surface area contributed by atoms with Crippen LogP contribution in [0.25, 0.3) is 0 Å². The number of phosphoric acid groups is 1. The summed E-state index contributed by atoms with van der Waals surface area (Å²) in [4.78, 5) is 47.8. The number of aliphatic hydroxyl groups is 2. The van der Waals surface area contributed by atoms with Gasteiger partial charge in [0.05, 0.1) is 27.7 Å². The number of hydrogen-bond donors (Lipinski definition) is 3. The maximum Gasteiger partial charge on any atom is 0.377 e. The maximum absolute atomic E-state index is 13.1. The molecule has 0 aliphatic heterocycles. The Bertz CT molecular complexity index is 597. The van der Waals surface area contributed by atoms with E-state index in [0.29, 0.717) is 6.42 Å². The van der Waals surface area contributed by atoms with Gasteiger partial charge in [-0.3, -0.25) is 9.59 Å². The summed E-state index contributed by atoms with van der Waals surface area (Å²) in [5, 5.41) is 18.2. The van der Waals surface area contributed by atoms with Crippen LogP contribution < -0.4 is 4.89 Å². The Hall–Kier alpha value is -0.510. The van der Waals surface area contributed by atoms with Crippen LogP contribution in [0.15, 0.2) is 0 Å². The average Bonchev–Trinajstić information content (AvgIpc) is 2.79. The van der Waals surface area contributed by atoms with Gasteiger partial charge < -0.3 is 19.6 Å². The SMILES string of the molecule is CCCCCCCCCCCCCCCC(=O)C(C(O[P+]([O-])(O)OC[C@H](O)CO)C(C)=O)[N+](C)(C)C. The predicted molar refractivity (Wildman–Crippen MR) is 141 cm³/mol. The zero-order valence-corrected chi connectivity index (χ0v) is 24.2. The van der Waals surface area contributed by atoms with Gasteiger partial charge in [0.1, 0.15) is 12.7 Å². The normalized spacial score (nSPS) is 16.4. The Labute approximate surface area is 219 Å². The highest BCUT2D eigenvalue weighted by Crippen LogP contribution is 2.49. The number of phosphoric ester groups is 1. The van der Waals surface area contributed by atoms with Gasteiger partial charge in [-0.25, -0.2) is 0 Å². The minimum absolute atomic E-state index is 0.0424. The van der Waals surface area contributed by atoms with Gasteiger partial charge in [0.25, 0.3) is 0 Å². The van der Waals surface area contributed by atoms with E-state index in [9.17, 15) is 24.5 Å². The lowest BCUT2D eigenvalue weighted by molar-refractivity contribution is -0.888. The van der Waals surface area contributed by atoms with Crippen molar-refractivity contribution in [1.82, 2.24) is 0 Å². The topological polar surface area (TPSA) is 136 Å². The van der Waals surface area contributed by atoms with Crippen molar-refractivity contribution in [2.24, 2.45) is 0 Å². The molecule has 0 aliphatic carbocycles. The fraction of sp³-hybridized carbons (Fsp3) is 0.923. The molecule has 4 atom stereocenters. The van der Waals surface area contributed by atoms with E-state index in [1.807, 2.05) is 0 Å². The van der Waals surface area contributed by atoms with Gasteiger partial charge in [0, 0.05) is 6.42 Å². The summed E-state index contributed by atoms with van der Waals surface area (Å²) in [6, 6.07) is -0.980. The van der Waals surface area contributed by atoms with Crippen molar-refractivity contribution in [3.8, 4) is 0 Å². The van der Waals surface area contributed by atoms with Crippen LogP contribution in [-0.4, -0.2) is 83.8 Å². The van der Waals surface area contributed by atoms with Gasteiger partial charge in [0.2, 0.25) is 6.10 Å². The van der Waals surface area contributed by atoms with E-state index in [1.54, 1.807) is 21.1 Å². The molecular formula is C26H53NO8P+. The van der Waals surface area contributed by atoms with Gasteiger partial charge in [-0.1, -0.05) is 84.0 Å². The molecule has 0 aromatic carbocycles. The van der Waals surface area contributed by atoms with Crippen LogP contribution >= 0.6 is 8.17 Å². The monoisotopic (exact) mass is 538 g/mol. The molecule has 0 spiro atoms. The quantitative estimate of drug-likeness (QED) is 0.0965. The second-order valence-corrected chi connectivity index (χ2v) is 12.2. The number of nitrogens with zero attached hydrogens (tertiary/aromatic N) is 1. The number of hydrogen-bond acceptors (Lipinski definition) is 8. The Morgan fingerprint density at radius 2 is 1.33 bits per heavy atom. The third-order valence-electron chi connectivity index (χ3n) is 6.27. The standard InChI is InChI=1S/C26H52NO8P/c1-6-7-8-9-10-11-12-13-14-15-16-17-18-19-24(31)25(27(3,4)5)26(22(2)29)35-36(32,33)34-21-23(30)20-28/h23,25-26,28,30H,6-21H2,1-5H3/p+1/t23-,25?,26?/m1/s1. The van der Waals surface area contributed by atoms with Crippen molar-refractivity contribution in [2.75, 3.05) is 34.4 Å². The number of quaternary nitrogens is 1. The lowest BCUT2D eigenvalue weighted by Crippen LogP contribution is -2.59. The third kappa shape index (κ3) is 17.1. The van der Waals surface area contributed by atoms with E-state index in [0.717, 1.165) is 19.3 Å². The molecule has 0 rings (SSSR count). The van der Waals surface area contributed by atoms with Crippen molar-refractivity contribution < 1.29 is 43.1 Å². The first-order chi connectivity index (χ1) is 16.9. The van der Waals surface area contributed by atoms with Crippen molar-refractivity contribution in [3.05, 3.63) is 0 Å². The summed E-state index contributed by atoms with van der Waals surface area (Å²) >= 11 is 0. The van der Waals surface area contributed by atoms with Crippen LogP contribution in [0.1, 0.15) is 104 Å². The Morgan fingerprint density at radius 3 is 1.72 bits per heavy atom. The first-order valence-electron chi connectivity index (χ1n) is 13.6. The summed E-state index contributed by atoms with van der Waals surface area (Å²) in [7, 11) is 0.433. The molecule has 0 bridgehead atoms. The highest BCUT2D eigenvalue weighted by Gasteiger charge is 2.48. The van der Waals surface area contributed by atoms with Crippen LogP contribution in [0.3, 0.4) is 0 Å². The summed E-state index contributed by atoms with van der Waals surface area (Å²) in [5.74, 6) is -0.770. The molecule has 0 heterocycles. The second-order valence-electron chi connectivity index (χ2n) is 10.8. The second kappa shape index (κ2) is 19.5. The number of rotatable bonds is 24. The van der Waals surface area contributed by atoms with Crippen molar-refractivity contribution in [3.63, 3.8) is 0 Å². The van der Waals surface area contributed by atoms with E-state index in [2.05, 4.69) is 6.92 Å². The number of carbonyl (C=O) groups excluding carboxylic acids is 2. The largest absolute Gasteiger partial charge is 0.606 e. The highest BCUT2D eigenvalue weighted by molar-refractivity contribution is 7.52. The van der Waals surface area contributed by atoms with Gasteiger partial charge in [-0.05, 0) is 13.3 Å². The smallest absolute Gasteiger partial charge is 0.377 e. The van der Waals surface area contributed by atoms with E-state index in [-0.39, 0.29) is 16.7 Å². The van der Waals surface area contributed by atoms with Gasteiger partial charge in [0.15, 0.2) is 17.6 Å². The predicted octanol–water partition coefficient (Wildman–Crippen LogP) is 3.49. The fourth-order valence-electron chi connectivity index (χ4n) is 4.23. The number of ketones is 2. The lowest BCUT2D eigenvalue weighted by Gasteiger charge is -2.37. The molecule has 0 saturated carbocycles. The molecule has 9 nitrogen and oxygen atoms in total. The first kappa shape index (κ1) is 35.5. The molecule has 0 amide bonds. The average molecular weight is 539 g/mol. The van der Waals surface area contributed by atoms with Crippen molar-refractivity contribution in [1.29, 1.82) is 0 Å². The molecule has 214 valence electrons. The minimum atomic E-state index is -4.75. The zero-order valence-electron chi connectivity index (χ0n) is 23.3. The lowest BCUT2D eigenvalue weighted by atomic mass is 9.96. The van der Waals surface area contributed by atoms with Crippen LogP contribution in [-0.2, 0) is 18.6 Å². The Morgan fingerprint density at radius 1 is 0.889 bits per heavy atom. The third-order valence-corrected chi connectivity index (χ3v) is 7.24. The molecule has 0 aromatic rings. The van der Waals surface area contributed by atoms with Gasteiger partial charge in [-0.15, -0.1) is 0 Å². The number of likely N-dealkylation sites (N-methyl/N-ethyl adjacent to an activating group) is 1. The van der Waals surface area contributed by atoms with Crippen LogP contribution in [0.4, 0.5) is 0 Å². The van der Waals surface area contributed by atoms with E-state index in [1.165, 1.54) is 64.7 Å². The van der Waals surface area contributed by atoms with E-state index < -0.39 is 45.4 Å². The summed E-state index contributed by atoms with van der Waals surface area (Å²) < 4.78 is 9.87. The Kier molecular flexibility index (Phi) is 19.3. The fourth-order valence-corrected chi connectivity index (χ4v) is 5.21. The summed E-state index contributed by atoms with van der Waals surface area (Å²) in [5.41, 5.74) is 0. The van der Waals surface area contributed by atoms with Gasteiger partial charge in [-0.2, -0.15) is 13.9 Å². The number of unbranched alkanes of at least 4 members (excludes halogenated alkanes) is 12. The van der Waals surface area contributed by atoms with Crippen LogP contribution in [0.2, 0.25) is 0 Å². The molecule has 0 saturated heterocycles. The number of carbonyl (C=O) groups is 2. The van der Waals surface area contributed by atoms with Crippen LogP contribution in [0, 0.1) is 0 Å². The van der Waals surface area contributed by atoms with Crippen molar-refractivity contribution >= 4 is 19.7 Å². The molecule has 0 aromatic heterocycles. The van der Waals surface area contributed by atoms with Gasteiger partial charge >= 0.3 is 8.17 Å². The zero-order chi connectivity index (χ0) is 27.6. The van der Waals surface area contributed by atoms with E-state index in [4.69, 9.17) is 14.2 Å². The minimum Gasteiger partial charge on any atom is -0.606 e. The van der Waals surface area contributed by atoms with Crippen LogP contribution in [0.5, 0.6) is 0 Å². The van der Waals surface area contributed by atoms with E-state index >= 15 is 0 Å². The summed E-state index contributed by atoms with van der Waals surface area (Å²) in [6.45, 7) is 2.14. The highest BCUT2D eigenvalue weighted by atomic mass is 31.2. The first-order valence-corrected chi connectivity index (χ1v) is 15.1. The molecule has 3 unspecified atom stereocenters. The molecular weight excluding hydrogens is 485 g/mol. The molecule has 36 heavy (non-hydrogen) atoms. The maximum atomic E-state index is 13.1. The number of Topliss-reactive ketones (excluding diaryl/α,β-unsaturated/α-hetero) is 2.